The summed E-state index contributed by atoms with van der Waals surface area (Å²) in [5, 5.41) is 4.01. The first-order valence-electron chi connectivity index (χ1n) is 6.50. The van der Waals surface area contributed by atoms with Crippen molar-refractivity contribution in [1.82, 2.24) is 5.32 Å². The quantitative estimate of drug-likeness (QED) is 0.606. The third-order valence-corrected chi connectivity index (χ3v) is 4.01. The highest BCUT2D eigenvalue weighted by atomic mass is 79.9. The Morgan fingerprint density at radius 3 is 2.89 bits per heavy atom. The van der Waals surface area contributed by atoms with Gasteiger partial charge in [0, 0.05) is 11.9 Å². The molecule has 100 valence electrons. The average Bonchev–Trinajstić information content (AvgIpc) is 2.34. The molecule has 1 rings (SSSR count). The van der Waals surface area contributed by atoms with Crippen molar-refractivity contribution in [3.8, 4) is 0 Å². The Balaban J connectivity index is 2.22. The van der Waals surface area contributed by atoms with E-state index in [1.165, 1.54) is 5.56 Å². The Kier molecular flexibility index (Phi) is 7.02. The second kappa shape index (κ2) is 8.30. The fraction of sp³-hybridized carbons (Fsp3) is 0.533. The maximum absolute atomic E-state index is 11.7. The third kappa shape index (κ3) is 6.20. The molecule has 0 bridgehead atoms. The third-order valence-electron chi connectivity index (χ3n) is 2.91. The summed E-state index contributed by atoms with van der Waals surface area (Å²) in [4.78, 5) is 11.7. The number of amides is 1. The molecule has 1 aromatic rings. The number of hydrogen-bond acceptors (Lipinski definition) is 1. The van der Waals surface area contributed by atoms with Gasteiger partial charge in [-0.1, -0.05) is 52.7 Å². The van der Waals surface area contributed by atoms with Gasteiger partial charge in [0.05, 0.1) is 6.42 Å². The predicted molar refractivity (Wildman–Crippen MR) is 80.1 cm³/mol. The highest BCUT2D eigenvalue weighted by molar-refractivity contribution is 9.09. The highest BCUT2D eigenvalue weighted by Crippen LogP contribution is 2.08. The highest BCUT2D eigenvalue weighted by Gasteiger charge is 2.04. The van der Waals surface area contributed by atoms with Crippen molar-refractivity contribution < 1.29 is 4.79 Å². The number of benzene rings is 1. The van der Waals surface area contributed by atoms with E-state index in [9.17, 15) is 4.79 Å². The van der Waals surface area contributed by atoms with E-state index in [0.717, 1.165) is 30.3 Å². The first-order valence-corrected chi connectivity index (χ1v) is 7.62. The summed E-state index contributed by atoms with van der Waals surface area (Å²) in [6.07, 6.45) is 2.68. The maximum Gasteiger partial charge on any atom is 0.224 e. The number of nitrogens with one attached hydrogen (secondary N) is 1. The van der Waals surface area contributed by atoms with Crippen LogP contribution in [0.3, 0.4) is 0 Å². The zero-order chi connectivity index (χ0) is 13.4. The van der Waals surface area contributed by atoms with Gasteiger partial charge < -0.3 is 5.32 Å². The van der Waals surface area contributed by atoms with Crippen LogP contribution in [0.15, 0.2) is 24.3 Å². The van der Waals surface area contributed by atoms with Gasteiger partial charge in [0.2, 0.25) is 5.91 Å². The Hall–Kier alpha value is -0.830. The van der Waals surface area contributed by atoms with Crippen LogP contribution >= 0.6 is 15.9 Å². The molecule has 0 aliphatic heterocycles. The molecule has 0 aromatic heterocycles. The van der Waals surface area contributed by atoms with Crippen LogP contribution in [-0.2, 0) is 11.2 Å². The first-order chi connectivity index (χ1) is 8.61. The van der Waals surface area contributed by atoms with Crippen molar-refractivity contribution in [2.24, 2.45) is 5.92 Å². The second-order valence-electron chi connectivity index (χ2n) is 4.92. The topological polar surface area (TPSA) is 29.1 Å². The van der Waals surface area contributed by atoms with Crippen molar-refractivity contribution in [2.75, 3.05) is 11.9 Å². The number of aryl methyl sites for hydroxylation is 1. The SMILES string of the molecule is Cc1cccc(CC(=O)NCCCC(C)CBr)c1. The zero-order valence-corrected chi connectivity index (χ0v) is 12.8. The summed E-state index contributed by atoms with van der Waals surface area (Å²) in [6, 6.07) is 8.10. The Labute approximate surface area is 118 Å². The number of carbonyl (C=O) groups is 1. The van der Waals surface area contributed by atoms with Crippen LogP contribution < -0.4 is 5.32 Å². The molecule has 0 fully saturated rings. The predicted octanol–water partition coefficient (Wildman–Crippen LogP) is 3.46. The number of halogens is 1. The average molecular weight is 312 g/mol. The molecule has 18 heavy (non-hydrogen) atoms. The molecule has 0 spiro atoms. The number of hydrogen-bond donors (Lipinski definition) is 1. The summed E-state index contributed by atoms with van der Waals surface area (Å²) < 4.78 is 0. The smallest absolute Gasteiger partial charge is 0.224 e. The molecule has 1 unspecified atom stereocenters. The summed E-state index contributed by atoms with van der Waals surface area (Å²) in [7, 11) is 0. The molecule has 1 amide bonds. The van der Waals surface area contributed by atoms with Crippen LogP contribution in [0, 0.1) is 12.8 Å². The molecule has 3 heteroatoms. The monoisotopic (exact) mass is 311 g/mol. The molecule has 0 heterocycles. The molecule has 2 nitrogen and oxygen atoms in total. The molecule has 1 atom stereocenters. The van der Waals surface area contributed by atoms with E-state index in [1.807, 2.05) is 25.1 Å². The van der Waals surface area contributed by atoms with E-state index in [1.54, 1.807) is 0 Å². The molecule has 0 aliphatic rings. The number of rotatable bonds is 7. The molecule has 1 aromatic carbocycles. The zero-order valence-electron chi connectivity index (χ0n) is 11.2. The van der Waals surface area contributed by atoms with Gasteiger partial charge in [-0.2, -0.15) is 0 Å². The molecular formula is C15H22BrNO. The lowest BCUT2D eigenvalue weighted by atomic mass is 10.1. The van der Waals surface area contributed by atoms with Gasteiger partial charge in [-0.25, -0.2) is 0 Å². The lowest BCUT2D eigenvalue weighted by molar-refractivity contribution is -0.120. The van der Waals surface area contributed by atoms with E-state index in [0.29, 0.717) is 12.3 Å². The van der Waals surface area contributed by atoms with Gasteiger partial charge in [0.25, 0.3) is 0 Å². The fourth-order valence-corrected chi connectivity index (χ4v) is 2.15. The summed E-state index contributed by atoms with van der Waals surface area (Å²) in [6.45, 7) is 5.04. The minimum Gasteiger partial charge on any atom is -0.356 e. The van der Waals surface area contributed by atoms with Crippen molar-refractivity contribution in [3.05, 3.63) is 35.4 Å². The van der Waals surface area contributed by atoms with Crippen LogP contribution in [0.5, 0.6) is 0 Å². The van der Waals surface area contributed by atoms with Crippen LogP contribution in [-0.4, -0.2) is 17.8 Å². The minimum atomic E-state index is 0.118. The lowest BCUT2D eigenvalue weighted by Crippen LogP contribution is -2.26. The normalized spacial score (nSPS) is 12.2. The van der Waals surface area contributed by atoms with E-state index >= 15 is 0 Å². The summed E-state index contributed by atoms with van der Waals surface area (Å²) in [5.74, 6) is 0.797. The Morgan fingerprint density at radius 2 is 2.22 bits per heavy atom. The summed E-state index contributed by atoms with van der Waals surface area (Å²) in [5.41, 5.74) is 2.28. The van der Waals surface area contributed by atoms with E-state index < -0.39 is 0 Å². The Morgan fingerprint density at radius 1 is 1.44 bits per heavy atom. The van der Waals surface area contributed by atoms with Crippen LogP contribution in [0.4, 0.5) is 0 Å². The van der Waals surface area contributed by atoms with Gasteiger partial charge in [0.15, 0.2) is 0 Å². The van der Waals surface area contributed by atoms with Gasteiger partial charge >= 0.3 is 0 Å². The van der Waals surface area contributed by atoms with E-state index in [2.05, 4.69) is 34.2 Å². The van der Waals surface area contributed by atoms with Crippen molar-refractivity contribution in [2.45, 2.75) is 33.1 Å². The van der Waals surface area contributed by atoms with Crippen LogP contribution in [0.25, 0.3) is 0 Å². The second-order valence-corrected chi connectivity index (χ2v) is 5.56. The molecule has 0 radical (unpaired) electrons. The molecular weight excluding hydrogens is 290 g/mol. The van der Waals surface area contributed by atoms with E-state index in [4.69, 9.17) is 0 Å². The maximum atomic E-state index is 11.7. The van der Waals surface area contributed by atoms with Crippen molar-refractivity contribution in [1.29, 1.82) is 0 Å². The van der Waals surface area contributed by atoms with Crippen LogP contribution in [0.2, 0.25) is 0 Å². The van der Waals surface area contributed by atoms with Crippen molar-refractivity contribution >= 4 is 21.8 Å². The Bertz CT molecular complexity index is 379. The van der Waals surface area contributed by atoms with Gasteiger partial charge in [0.1, 0.15) is 0 Å². The number of alkyl halides is 1. The standard InChI is InChI=1S/C15H22BrNO/c1-12-5-3-7-14(9-12)10-15(18)17-8-4-6-13(2)11-16/h3,5,7,9,13H,4,6,8,10-11H2,1-2H3,(H,17,18). The first kappa shape index (κ1) is 15.2. The largest absolute Gasteiger partial charge is 0.356 e. The van der Waals surface area contributed by atoms with Gasteiger partial charge in [-0.05, 0) is 31.2 Å². The number of carbonyl (C=O) groups excluding carboxylic acids is 1. The summed E-state index contributed by atoms with van der Waals surface area (Å²) >= 11 is 3.46. The minimum absolute atomic E-state index is 0.118. The van der Waals surface area contributed by atoms with Gasteiger partial charge in [-0.3, -0.25) is 4.79 Å². The van der Waals surface area contributed by atoms with E-state index in [-0.39, 0.29) is 5.91 Å². The molecule has 0 aliphatic carbocycles. The molecule has 1 N–H and O–H groups in total. The van der Waals surface area contributed by atoms with Crippen LogP contribution in [0.1, 0.15) is 30.9 Å². The lowest BCUT2D eigenvalue weighted by Gasteiger charge is -2.08. The van der Waals surface area contributed by atoms with Crippen molar-refractivity contribution in [3.63, 3.8) is 0 Å². The van der Waals surface area contributed by atoms with Gasteiger partial charge in [-0.15, -0.1) is 0 Å². The fourth-order valence-electron chi connectivity index (χ4n) is 1.83. The molecule has 0 saturated carbocycles. The molecule has 0 saturated heterocycles.